The second-order valence-electron chi connectivity index (χ2n) is 9.94. The number of ether oxygens (including phenoxy) is 2. The highest BCUT2D eigenvalue weighted by Gasteiger charge is 2.35. The van der Waals surface area contributed by atoms with E-state index in [-0.39, 0.29) is 12.5 Å². The van der Waals surface area contributed by atoms with Crippen molar-refractivity contribution in [3.63, 3.8) is 0 Å². The van der Waals surface area contributed by atoms with Gasteiger partial charge in [-0.2, -0.15) is 0 Å². The first-order valence-corrected chi connectivity index (χ1v) is 12.9. The van der Waals surface area contributed by atoms with E-state index in [1.54, 1.807) is 55.6 Å². The third-order valence-electron chi connectivity index (χ3n) is 6.80. The van der Waals surface area contributed by atoms with Crippen molar-refractivity contribution in [1.82, 2.24) is 20.3 Å². The maximum Gasteiger partial charge on any atom is 0.337 e. The van der Waals surface area contributed by atoms with Crippen LogP contribution in [0.1, 0.15) is 49.2 Å². The average molecular weight is 544 g/mol. The van der Waals surface area contributed by atoms with E-state index in [0.29, 0.717) is 40.0 Å². The Morgan fingerprint density at radius 2 is 1.73 bits per heavy atom. The lowest BCUT2D eigenvalue weighted by Crippen LogP contribution is -2.51. The Morgan fingerprint density at radius 1 is 1.00 bits per heavy atom. The number of nitrogens with zero attached hydrogens (tertiary/aromatic N) is 4. The zero-order valence-corrected chi connectivity index (χ0v) is 23.2. The number of fused-ring (bicyclic) bond motifs is 1. The van der Waals surface area contributed by atoms with Crippen molar-refractivity contribution >= 4 is 34.5 Å². The Hall–Kier alpha value is -4.73. The number of carbonyl (C=O) groups is 3. The van der Waals surface area contributed by atoms with E-state index < -0.39 is 23.5 Å². The van der Waals surface area contributed by atoms with Crippen LogP contribution in [-0.4, -0.2) is 52.5 Å². The van der Waals surface area contributed by atoms with Crippen LogP contribution in [-0.2, 0) is 20.9 Å². The van der Waals surface area contributed by atoms with Gasteiger partial charge in [-0.3, -0.25) is 14.5 Å². The molecular weight excluding hydrogens is 510 g/mol. The molecule has 1 heterocycles. The molecule has 0 fully saturated rings. The van der Waals surface area contributed by atoms with Crippen molar-refractivity contribution in [3.8, 4) is 5.75 Å². The highest BCUT2D eigenvalue weighted by molar-refractivity contribution is 6.02. The molecule has 208 valence electrons. The first-order chi connectivity index (χ1) is 19.2. The predicted octanol–water partition coefficient (Wildman–Crippen LogP) is 4.31. The number of para-hydroxylation sites is 1. The lowest BCUT2D eigenvalue weighted by atomic mass is 9.98. The van der Waals surface area contributed by atoms with Crippen LogP contribution in [0.2, 0.25) is 0 Å². The summed E-state index contributed by atoms with van der Waals surface area (Å²) in [5.41, 5.74) is 2.09. The number of aromatic nitrogens is 3. The summed E-state index contributed by atoms with van der Waals surface area (Å²) in [4.78, 5) is 41.7. The molecule has 4 rings (SSSR count). The second kappa shape index (κ2) is 12.0. The summed E-state index contributed by atoms with van der Waals surface area (Å²) >= 11 is 0. The molecule has 0 unspecified atom stereocenters. The molecule has 0 aliphatic heterocycles. The smallest absolute Gasteiger partial charge is 0.337 e. The molecular formula is C30H33N5O5. The van der Waals surface area contributed by atoms with Crippen LogP contribution in [0.3, 0.4) is 0 Å². The highest BCUT2D eigenvalue weighted by Crippen LogP contribution is 2.31. The van der Waals surface area contributed by atoms with Crippen molar-refractivity contribution < 1.29 is 23.9 Å². The minimum atomic E-state index is -1.06. The summed E-state index contributed by atoms with van der Waals surface area (Å²) in [5, 5.41) is 11.4. The van der Waals surface area contributed by atoms with Crippen LogP contribution in [0.4, 0.5) is 5.69 Å². The quantitative estimate of drug-likeness (QED) is 0.297. The number of esters is 1. The number of methoxy groups -OCH3 is 2. The third kappa shape index (κ3) is 6.12. The van der Waals surface area contributed by atoms with Gasteiger partial charge in [-0.1, -0.05) is 36.4 Å². The van der Waals surface area contributed by atoms with Gasteiger partial charge in [-0.25, -0.2) is 9.48 Å². The van der Waals surface area contributed by atoms with Crippen molar-refractivity contribution in [3.05, 3.63) is 83.9 Å². The Balaban J connectivity index is 1.85. The van der Waals surface area contributed by atoms with Gasteiger partial charge >= 0.3 is 5.97 Å². The highest BCUT2D eigenvalue weighted by atomic mass is 16.5. The molecule has 0 radical (unpaired) electrons. The fraction of sp³-hybridized carbons (Fsp3) is 0.300. The van der Waals surface area contributed by atoms with Crippen LogP contribution >= 0.6 is 0 Å². The molecule has 0 saturated carbocycles. The van der Waals surface area contributed by atoms with Crippen molar-refractivity contribution in [1.29, 1.82) is 0 Å². The standard InChI is InChI=1S/C30H33N5O5/c1-6-30(2,3)31-28(37)27(21-10-9-11-23(18-21)39-4)35(22-16-14-20(15-17-22)29(38)40-5)26(36)19-34-25-13-8-7-12-24(25)32-33-34/h7-18,27H,6,19H2,1-5H3,(H,31,37)/t27-/m1/s1. The molecule has 10 heteroatoms. The molecule has 0 bridgehead atoms. The van der Waals surface area contributed by atoms with Gasteiger partial charge in [0.2, 0.25) is 11.8 Å². The summed E-state index contributed by atoms with van der Waals surface area (Å²) in [7, 11) is 2.84. The molecule has 0 saturated heterocycles. The number of carbonyl (C=O) groups excluding carboxylic acids is 3. The SMILES string of the molecule is CCC(C)(C)NC(=O)[C@@H](c1cccc(OC)c1)N(C(=O)Cn1nnc2ccccc21)c1ccc(C(=O)OC)cc1. The van der Waals surface area contributed by atoms with Crippen molar-refractivity contribution in [2.24, 2.45) is 0 Å². The van der Waals surface area contributed by atoms with Gasteiger partial charge in [-0.15, -0.1) is 5.10 Å². The fourth-order valence-corrected chi connectivity index (χ4v) is 4.27. The monoisotopic (exact) mass is 543 g/mol. The van der Waals surface area contributed by atoms with Crippen molar-refractivity contribution in [2.45, 2.75) is 45.3 Å². The van der Waals surface area contributed by atoms with Crippen LogP contribution in [0, 0.1) is 0 Å². The topological polar surface area (TPSA) is 116 Å². The lowest BCUT2D eigenvalue weighted by Gasteiger charge is -2.34. The Morgan fingerprint density at radius 3 is 2.40 bits per heavy atom. The molecule has 1 atom stereocenters. The van der Waals surface area contributed by atoms with E-state index in [4.69, 9.17) is 9.47 Å². The molecule has 0 spiro atoms. The number of amides is 2. The van der Waals surface area contributed by atoms with E-state index >= 15 is 0 Å². The summed E-state index contributed by atoms with van der Waals surface area (Å²) in [6.07, 6.45) is 0.677. The van der Waals surface area contributed by atoms with E-state index in [0.717, 1.165) is 0 Å². The first kappa shape index (κ1) is 28.3. The molecule has 0 aliphatic carbocycles. The van der Waals surface area contributed by atoms with Gasteiger partial charge in [-0.05, 0) is 74.4 Å². The van der Waals surface area contributed by atoms with E-state index in [9.17, 15) is 14.4 Å². The third-order valence-corrected chi connectivity index (χ3v) is 6.80. The predicted molar refractivity (Wildman–Crippen MR) is 151 cm³/mol. The molecule has 2 amide bonds. The van der Waals surface area contributed by atoms with Gasteiger partial charge in [0.05, 0.1) is 25.3 Å². The fourth-order valence-electron chi connectivity index (χ4n) is 4.27. The Kier molecular flexibility index (Phi) is 8.47. The molecule has 1 aromatic heterocycles. The molecule has 10 nitrogen and oxygen atoms in total. The Bertz CT molecular complexity index is 1510. The molecule has 4 aromatic rings. The molecule has 40 heavy (non-hydrogen) atoms. The zero-order valence-electron chi connectivity index (χ0n) is 23.2. The van der Waals surface area contributed by atoms with Gasteiger partial charge in [0, 0.05) is 11.2 Å². The maximum absolute atomic E-state index is 14.2. The van der Waals surface area contributed by atoms with Crippen LogP contribution in [0.5, 0.6) is 5.75 Å². The summed E-state index contributed by atoms with van der Waals surface area (Å²) in [5.74, 6) is -0.737. The number of benzene rings is 3. The van der Waals surface area contributed by atoms with Crippen LogP contribution in [0.25, 0.3) is 11.0 Å². The largest absolute Gasteiger partial charge is 0.497 e. The summed E-state index contributed by atoms with van der Waals surface area (Å²) in [6.45, 7) is 5.65. The molecule has 0 aliphatic rings. The second-order valence-corrected chi connectivity index (χ2v) is 9.94. The van der Waals surface area contributed by atoms with E-state index in [1.165, 1.54) is 16.7 Å². The molecule has 1 N–H and O–H groups in total. The number of rotatable bonds is 10. The lowest BCUT2D eigenvalue weighted by molar-refractivity contribution is -0.128. The number of anilines is 1. The van der Waals surface area contributed by atoms with E-state index in [2.05, 4.69) is 15.6 Å². The molecule has 3 aromatic carbocycles. The summed E-state index contributed by atoms with van der Waals surface area (Å²) in [6, 6.07) is 19.7. The number of nitrogens with one attached hydrogen (secondary N) is 1. The Labute approximate surface area is 232 Å². The van der Waals surface area contributed by atoms with Crippen molar-refractivity contribution in [2.75, 3.05) is 19.1 Å². The normalized spacial score (nSPS) is 12.0. The van der Waals surface area contributed by atoms with Gasteiger partial charge in [0.1, 0.15) is 23.9 Å². The average Bonchev–Trinajstić information content (AvgIpc) is 3.37. The minimum Gasteiger partial charge on any atom is -0.497 e. The number of hydrogen-bond acceptors (Lipinski definition) is 7. The maximum atomic E-state index is 14.2. The van der Waals surface area contributed by atoms with Crippen LogP contribution in [0.15, 0.2) is 72.8 Å². The van der Waals surface area contributed by atoms with E-state index in [1.807, 2.05) is 45.0 Å². The summed E-state index contributed by atoms with van der Waals surface area (Å²) < 4.78 is 11.8. The zero-order chi connectivity index (χ0) is 28.9. The van der Waals surface area contributed by atoms with Gasteiger partial charge in [0.25, 0.3) is 0 Å². The first-order valence-electron chi connectivity index (χ1n) is 12.9. The number of hydrogen-bond donors (Lipinski definition) is 1. The van der Waals surface area contributed by atoms with Gasteiger partial charge < -0.3 is 14.8 Å². The van der Waals surface area contributed by atoms with Gasteiger partial charge in [0.15, 0.2) is 0 Å². The minimum absolute atomic E-state index is 0.176. The van der Waals surface area contributed by atoms with Crippen LogP contribution < -0.4 is 15.0 Å².